The normalized spacial score (nSPS) is 20.9. The van der Waals surface area contributed by atoms with E-state index in [2.05, 4.69) is 27.5 Å². The van der Waals surface area contributed by atoms with E-state index >= 15 is 0 Å². The van der Waals surface area contributed by atoms with Gasteiger partial charge >= 0.3 is 6.09 Å². The number of hydrogen-bond donors (Lipinski definition) is 2. The van der Waals surface area contributed by atoms with Crippen LogP contribution in [0.25, 0.3) is 0 Å². The minimum atomic E-state index is -0.339. The van der Waals surface area contributed by atoms with Gasteiger partial charge in [0, 0.05) is 18.5 Å². The molecule has 7 heteroatoms. The summed E-state index contributed by atoms with van der Waals surface area (Å²) < 4.78 is 10.9. The molecule has 30 heavy (non-hydrogen) atoms. The number of carbonyl (C=O) groups is 2. The van der Waals surface area contributed by atoms with Crippen LogP contribution in [0.15, 0.2) is 41.1 Å². The van der Waals surface area contributed by atoms with Gasteiger partial charge in [-0.2, -0.15) is 11.3 Å². The van der Waals surface area contributed by atoms with Gasteiger partial charge in [-0.3, -0.25) is 4.79 Å². The largest absolute Gasteiger partial charge is 0.496 e. The summed E-state index contributed by atoms with van der Waals surface area (Å²) in [7, 11) is 1.57. The Kier molecular flexibility index (Phi) is 7.74. The van der Waals surface area contributed by atoms with Crippen molar-refractivity contribution in [3.05, 3.63) is 52.2 Å². The van der Waals surface area contributed by atoms with Crippen molar-refractivity contribution in [2.75, 3.05) is 20.2 Å². The second kappa shape index (κ2) is 10.5. The molecule has 0 radical (unpaired) electrons. The highest BCUT2D eigenvalue weighted by molar-refractivity contribution is 7.08. The zero-order valence-corrected chi connectivity index (χ0v) is 18.4. The van der Waals surface area contributed by atoms with Crippen LogP contribution in [-0.4, -0.2) is 38.3 Å². The predicted octanol–water partition coefficient (Wildman–Crippen LogP) is 4.50. The Labute approximate surface area is 182 Å². The van der Waals surface area contributed by atoms with E-state index in [4.69, 9.17) is 9.47 Å². The first-order chi connectivity index (χ1) is 14.6. The van der Waals surface area contributed by atoms with Gasteiger partial charge in [-0.25, -0.2) is 4.79 Å². The molecule has 2 amide bonds. The maximum Gasteiger partial charge on any atom is 0.407 e. The van der Waals surface area contributed by atoms with E-state index in [-0.39, 0.29) is 23.5 Å². The lowest BCUT2D eigenvalue weighted by molar-refractivity contribution is 0.0566. The molecule has 0 saturated heterocycles. The highest BCUT2D eigenvalue weighted by atomic mass is 32.1. The molecule has 1 saturated carbocycles. The molecule has 1 aliphatic rings. The van der Waals surface area contributed by atoms with Gasteiger partial charge in [0.15, 0.2) is 0 Å². The van der Waals surface area contributed by atoms with Crippen molar-refractivity contribution in [1.82, 2.24) is 10.6 Å². The molecule has 2 aromatic rings. The SMILES string of the molecule is CCCNC(=O)OC1CCC(CNC(=O)c2ccccc2OC)(c2ccsc2)CC1. The second-order valence-corrected chi connectivity index (χ2v) is 8.49. The Morgan fingerprint density at radius 1 is 1.17 bits per heavy atom. The van der Waals surface area contributed by atoms with Gasteiger partial charge < -0.3 is 20.1 Å². The number of rotatable bonds is 8. The van der Waals surface area contributed by atoms with E-state index in [1.807, 2.05) is 19.1 Å². The van der Waals surface area contributed by atoms with Gasteiger partial charge in [0.2, 0.25) is 0 Å². The summed E-state index contributed by atoms with van der Waals surface area (Å²) in [4.78, 5) is 24.7. The second-order valence-electron chi connectivity index (χ2n) is 7.71. The average Bonchev–Trinajstić information content (AvgIpc) is 3.33. The molecule has 1 heterocycles. The van der Waals surface area contributed by atoms with Gasteiger partial charge in [0.05, 0.1) is 12.7 Å². The van der Waals surface area contributed by atoms with Crippen molar-refractivity contribution >= 4 is 23.3 Å². The first kappa shape index (κ1) is 22.2. The van der Waals surface area contributed by atoms with Crippen LogP contribution in [0, 0.1) is 0 Å². The molecule has 3 rings (SSSR count). The number of ether oxygens (including phenoxy) is 2. The number of thiophene rings is 1. The average molecular weight is 431 g/mol. The maximum absolute atomic E-state index is 12.8. The fourth-order valence-corrected chi connectivity index (χ4v) is 4.77. The van der Waals surface area contributed by atoms with Crippen molar-refractivity contribution in [2.45, 2.75) is 50.5 Å². The summed E-state index contributed by atoms with van der Waals surface area (Å²) in [5.74, 6) is 0.425. The van der Waals surface area contributed by atoms with Gasteiger partial charge in [-0.15, -0.1) is 0 Å². The van der Waals surface area contributed by atoms with Crippen molar-refractivity contribution in [2.24, 2.45) is 0 Å². The fraction of sp³-hybridized carbons (Fsp3) is 0.478. The number of methoxy groups -OCH3 is 1. The third kappa shape index (κ3) is 5.33. The molecule has 2 N–H and O–H groups in total. The van der Waals surface area contributed by atoms with E-state index in [1.165, 1.54) is 5.56 Å². The van der Waals surface area contributed by atoms with Gasteiger partial charge in [-0.1, -0.05) is 19.1 Å². The van der Waals surface area contributed by atoms with Crippen LogP contribution in [-0.2, 0) is 10.2 Å². The molecule has 162 valence electrons. The molecular formula is C23H30N2O4S. The minimum absolute atomic E-state index is 0.0847. The summed E-state index contributed by atoms with van der Waals surface area (Å²) in [6.07, 6.45) is 3.71. The molecular weight excluding hydrogens is 400 g/mol. The van der Waals surface area contributed by atoms with Gasteiger partial charge in [0.25, 0.3) is 5.91 Å². The lowest BCUT2D eigenvalue weighted by Crippen LogP contribution is -2.45. The van der Waals surface area contributed by atoms with Crippen LogP contribution in [0.4, 0.5) is 4.79 Å². The Morgan fingerprint density at radius 2 is 1.93 bits per heavy atom. The van der Waals surface area contributed by atoms with Crippen LogP contribution < -0.4 is 15.4 Å². The summed E-state index contributed by atoms with van der Waals surface area (Å²) in [5.41, 5.74) is 1.61. The van der Waals surface area contributed by atoms with Crippen LogP contribution >= 0.6 is 11.3 Å². The smallest absolute Gasteiger partial charge is 0.407 e. The standard InChI is InChI=1S/C23H30N2O4S/c1-3-13-24-22(27)29-18-8-11-23(12-9-18,17-10-14-30-15-17)16-25-21(26)19-6-4-5-7-20(19)28-2/h4-7,10,14-15,18H,3,8-9,11-13,16H2,1-2H3,(H,24,27)(H,25,26). The number of carbonyl (C=O) groups excluding carboxylic acids is 2. The summed E-state index contributed by atoms with van der Waals surface area (Å²) >= 11 is 1.66. The maximum atomic E-state index is 12.8. The first-order valence-corrected chi connectivity index (χ1v) is 11.4. The van der Waals surface area contributed by atoms with E-state index in [1.54, 1.807) is 30.6 Å². The molecule has 1 aromatic carbocycles. The molecule has 1 aliphatic carbocycles. The van der Waals surface area contributed by atoms with Crippen molar-refractivity contribution in [3.8, 4) is 5.75 Å². The van der Waals surface area contributed by atoms with Crippen molar-refractivity contribution in [3.63, 3.8) is 0 Å². The monoisotopic (exact) mass is 430 g/mol. The summed E-state index contributed by atoms with van der Waals surface area (Å²) in [6.45, 7) is 3.17. The zero-order valence-electron chi connectivity index (χ0n) is 17.6. The van der Waals surface area contributed by atoms with E-state index in [9.17, 15) is 9.59 Å². The molecule has 0 unspecified atom stereocenters. The number of hydrogen-bond acceptors (Lipinski definition) is 5. The minimum Gasteiger partial charge on any atom is -0.496 e. The number of benzene rings is 1. The topological polar surface area (TPSA) is 76.7 Å². The Balaban J connectivity index is 1.65. The first-order valence-electron chi connectivity index (χ1n) is 10.5. The van der Waals surface area contributed by atoms with Crippen LogP contribution in [0.3, 0.4) is 0 Å². The lowest BCUT2D eigenvalue weighted by atomic mass is 9.69. The lowest BCUT2D eigenvalue weighted by Gasteiger charge is -2.40. The fourth-order valence-electron chi connectivity index (χ4n) is 3.99. The van der Waals surface area contributed by atoms with Crippen molar-refractivity contribution < 1.29 is 19.1 Å². The third-order valence-electron chi connectivity index (χ3n) is 5.76. The quantitative estimate of drug-likeness (QED) is 0.646. The van der Waals surface area contributed by atoms with Gasteiger partial charge in [-0.05, 0) is 66.6 Å². The van der Waals surface area contributed by atoms with Crippen molar-refractivity contribution in [1.29, 1.82) is 0 Å². The highest BCUT2D eigenvalue weighted by Crippen LogP contribution is 2.41. The number of nitrogens with one attached hydrogen (secondary N) is 2. The number of amides is 2. The van der Waals surface area contributed by atoms with E-state index < -0.39 is 0 Å². The van der Waals surface area contributed by atoms with E-state index in [0.717, 1.165) is 32.1 Å². The molecule has 0 spiro atoms. The Bertz CT molecular complexity index is 829. The molecule has 0 aliphatic heterocycles. The molecule has 0 atom stereocenters. The molecule has 1 aromatic heterocycles. The molecule has 6 nitrogen and oxygen atoms in total. The molecule has 0 bridgehead atoms. The third-order valence-corrected chi connectivity index (χ3v) is 6.44. The summed E-state index contributed by atoms with van der Waals surface area (Å²) in [5, 5.41) is 10.1. The molecule has 1 fully saturated rings. The predicted molar refractivity (Wildman–Crippen MR) is 118 cm³/mol. The zero-order chi connectivity index (χ0) is 21.4. The van der Waals surface area contributed by atoms with Crippen LogP contribution in [0.2, 0.25) is 0 Å². The Morgan fingerprint density at radius 3 is 2.60 bits per heavy atom. The number of alkyl carbamates (subject to hydrolysis) is 1. The number of para-hydroxylation sites is 1. The highest BCUT2D eigenvalue weighted by Gasteiger charge is 2.38. The Hall–Kier alpha value is -2.54. The van der Waals surface area contributed by atoms with Gasteiger partial charge in [0.1, 0.15) is 11.9 Å². The van der Waals surface area contributed by atoms with E-state index in [0.29, 0.717) is 24.4 Å². The van der Waals surface area contributed by atoms with Crippen LogP contribution in [0.5, 0.6) is 5.75 Å². The van der Waals surface area contributed by atoms with Crippen LogP contribution in [0.1, 0.15) is 54.9 Å². The summed E-state index contributed by atoms with van der Waals surface area (Å²) in [6, 6.07) is 9.37.